The smallest absolute Gasteiger partial charge is 0.132 e. The van der Waals surface area contributed by atoms with Crippen LogP contribution in [-0.4, -0.2) is 4.98 Å². The molecule has 1 atom stereocenters. The Balaban J connectivity index is 1.36. The van der Waals surface area contributed by atoms with Gasteiger partial charge >= 0.3 is 0 Å². The van der Waals surface area contributed by atoms with Gasteiger partial charge in [0.1, 0.15) is 11.0 Å². The van der Waals surface area contributed by atoms with Crippen molar-refractivity contribution in [1.29, 1.82) is 0 Å². The molecule has 8 rings (SSSR count). The lowest BCUT2D eigenvalue weighted by Gasteiger charge is -2.34. The van der Waals surface area contributed by atoms with Crippen LogP contribution in [-0.2, 0) is 6.37 Å². The van der Waals surface area contributed by atoms with E-state index in [0.717, 1.165) is 21.3 Å². The summed E-state index contributed by atoms with van der Waals surface area (Å²) in [6.45, 7) is 9.15. The van der Waals surface area contributed by atoms with Crippen LogP contribution >= 0.6 is 11.3 Å². The van der Waals surface area contributed by atoms with Crippen LogP contribution in [0.2, 0.25) is 0 Å². The topological polar surface area (TPSA) is 28.2 Å². The van der Waals surface area contributed by atoms with Crippen LogP contribution in [0.1, 0.15) is 76.4 Å². The van der Waals surface area contributed by atoms with Crippen molar-refractivity contribution in [1.82, 2.24) is 4.98 Å². The first-order valence-electron chi connectivity index (χ1n) is 16.8. The molecule has 0 fully saturated rings. The first kappa shape index (κ1) is 25.6. The van der Waals surface area contributed by atoms with Gasteiger partial charge in [-0.15, -0.1) is 11.3 Å². The maximum absolute atomic E-state index is 8.96. The van der Waals surface area contributed by atoms with Gasteiger partial charge in [-0.25, -0.2) is 4.98 Å². The van der Waals surface area contributed by atoms with Crippen molar-refractivity contribution >= 4 is 59.5 Å². The average molecular weight is 606 g/mol. The second-order valence-corrected chi connectivity index (χ2v) is 13.6. The number of hydrogen-bond donors (Lipinski definition) is 1. The maximum Gasteiger partial charge on any atom is 0.132 e. The summed E-state index contributed by atoms with van der Waals surface area (Å²) in [6, 6.07) is 39.7. The minimum Gasteiger partial charge on any atom is -0.359 e. The number of thiophene rings is 1. The lowest BCUT2D eigenvalue weighted by atomic mass is 9.91. The molecule has 0 amide bonds. The van der Waals surface area contributed by atoms with Crippen molar-refractivity contribution < 1.29 is 2.74 Å². The van der Waals surface area contributed by atoms with E-state index in [0.29, 0.717) is 23.1 Å². The molecule has 1 unspecified atom stereocenters. The van der Waals surface area contributed by atoms with Gasteiger partial charge in [0, 0.05) is 41.2 Å². The van der Waals surface area contributed by atoms with E-state index in [-0.39, 0.29) is 6.17 Å². The van der Waals surface area contributed by atoms with Crippen molar-refractivity contribution in [2.45, 2.75) is 52.1 Å². The molecule has 1 aliphatic rings. The Hall–Kier alpha value is -4.67. The highest BCUT2D eigenvalue weighted by Gasteiger charge is 2.37. The zero-order chi connectivity index (χ0) is 32.4. The van der Waals surface area contributed by atoms with Gasteiger partial charge in [-0.2, -0.15) is 0 Å². The lowest BCUT2D eigenvalue weighted by Crippen LogP contribution is -2.26. The Morgan fingerprint density at radius 1 is 0.711 bits per heavy atom. The number of pyridine rings is 1. The van der Waals surface area contributed by atoms with Crippen LogP contribution in [0, 0.1) is 0 Å². The summed E-state index contributed by atoms with van der Waals surface area (Å²) in [5.74, 6) is 0.677. The maximum atomic E-state index is 8.96. The van der Waals surface area contributed by atoms with E-state index in [1.54, 1.807) is 11.3 Å². The molecule has 0 bridgehead atoms. The van der Waals surface area contributed by atoms with E-state index in [4.69, 9.17) is 7.73 Å². The van der Waals surface area contributed by atoms with Gasteiger partial charge in [-0.05, 0) is 52.1 Å². The fourth-order valence-corrected chi connectivity index (χ4v) is 8.09. The zero-order valence-electron chi connectivity index (χ0n) is 28.0. The van der Waals surface area contributed by atoms with Crippen LogP contribution in [0.15, 0.2) is 115 Å². The van der Waals surface area contributed by atoms with E-state index in [1.807, 2.05) is 42.5 Å². The van der Waals surface area contributed by atoms with Crippen molar-refractivity contribution in [2.75, 3.05) is 10.2 Å². The first-order chi connectivity index (χ1) is 22.7. The molecule has 4 heteroatoms. The second-order valence-electron chi connectivity index (χ2n) is 12.6. The average Bonchev–Trinajstić information content (AvgIpc) is 3.66. The molecule has 0 radical (unpaired) electrons. The zero-order valence-corrected chi connectivity index (χ0v) is 26.8. The van der Waals surface area contributed by atoms with Crippen molar-refractivity contribution in [3.05, 3.63) is 143 Å². The highest BCUT2D eigenvalue weighted by molar-refractivity contribution is 7.25. The van der Waals surface area contributed by atoms with Gasteiger partial charge in [0.25, 0.3) is 0 Å². The molecular formula is C41H37N3S. The third-order valence-corrected chi connectivity index (χ3v) is 10.2. The number of nitrogens with one attached hydrogen (secondary N) is 1. The third kappa shape index (κ3) is 4.67. The Kier molecular flexibility index (Phi) is 6.29. The standard InChI is InChI=1S/C41H37N3S/c1-25(2)30-16-10-17-31(26(3)4)37(30)44-38-32-15-9-8-14-28(32)20-23-36(38)43-40(44)35-19-11-18-33-34-22-21-29(42-41(34)45-39(33)35)24-27-12-6-5-7-13-27/h5-23,25-26,40,43H,24H2,1-4H3/i24D2. The van der Waals surface area contributed by atoms with Crippen LogP contribution in [0.3, 0.4) is 0 Å². The molecule has 3 heterocycles. The minimum absolute atomic E-state index is 0.153. The highest BCUT2D eigenvalue weighted by atomic mass is 32.1. The number of fused-ring (bicyclic) bond motifs is 6. The predicted octanol–water partition coefficient (Wildman–Crippen LogP) is 11.7. The van der Waals surface area contributed by atoms with Gasteiger partial charge in [0.2, 0.25) is 0 Å². The third-order valence-electron chi connectivity index (χ3n) is 9.01. The molecule has 0 saturated heterocycles. The van der Waals surface area contributed by atoms with Gasteiger partial charge in [0.15, 0.2) is 0 Å². The van der Waals surface area contributed by atoms with Gasteiger partial charge in [0.05, 0.1) is 17.1 Å². The van der Waals surface area contributed by atoms with E-state index in [2.05, 4.69) is 111 Å². The molecule has 1 N–H and O–H groups in total. The summed E-state index contributed by atoms with van der Waals surface area (Å²) in [6.07, 6.45) is -1.85. The van der Waals surface area contributed by atoms with E-state index in [9.17, 15) is 0 Å². The second kappa shape index (κ2) is 11.0. The van der Waals surface area contributed by atoms with Crippen LogP contribution < -0.4 is 10.2 Å². The number of aromatic nitrogens is 1. The van der Waals surface area contributed by atoms with E-state index < -0.39 is 6.37 Å². The summed E-state index contributed by atoms with van der Waals surface area (Å²) >= 11 is 1.66. The number of rotatable bonds is 6. The van der Waals surface area contributed by atoms with Crippen LogP contribution in [0.5, 0.6) is 0 Å². The summed E-state index contributed by atoms with van der Waals surface area (Å²) < 4.78 is 19.1. The summed E-state index contributed by atoms with van der Waals surface area (Å²) in [4.78, 5) is 8.38. The number of hydrogen-bond acceptors (Lipinski definition) is 4. The first-order valence-corrected chi connectivity index (χ1v) is 16.6. The van der Waals surface area contributed by atoms with Gasteiger partial charge in [-0.1, -0.05) is 125 Å². The number of benzene rings is 5. The van der Waals surface area contributed by atoms with Crippen molar-refractivity contribution in [3.8, 4) is 0 Å². The Labute approximate surface area is 272 Å². The van der Waals surface area contributed by atoms with Crippen molar-refractivity contribution in [3.63, 3.8) is 0 Å². The Morgan fingerprint density at radius 3 is 2.20 bits per heavy atom. The SMILES string of the molecule is [2H]C([2H])(c1ccccc1)c1ccc2c(n1)sc1c(C3Nc4ccc5ccccc5c4N3c3c(C(C)C)cccc3C(C)C)cccc12. The number of nitrogens with zero attached hydrogens (tertiary/aromatic N) is 2. The molecule has 222 valence electrons. The summed E-state index contributed by atoms with van der Waals surface area (Å²) in [5, 5.41) is 8.61. The molecule has 5 aromatic carbocycles. The summed E-state index contributed by atoms with van der Waals surface area (Å²) in [7, 11) is 0. The molecule has 1 aliphatic heterocycles. The Morgan fingerprint density at radius 2 is 1.42 bits per heavy atom. The normalized spacial score (nSPS) is 15.6. The minimum atomic E-state index is -1.70. The molecule has 3 nitrogen and oxygen atoms in total. The lowest BCUT2D eigenvalue weighted by molar-refractivity contribution is 0.780. The van der Waals surface area contributed by atoms with Crippen LogP contribution in [0.4, 0.5) is 17.1 Å². The molecule has 0 aliphatic carbocycles. The molecule has 2 aromatic heterocycles. The molecule has 0 saturated carbocycles. The molecule has 7 aromatic rings. The quantitative estimate of drug-likeness (QED) is 0.204. The fraction of sp³-hybridized carbons (Fsp3) is 0.195. The summed E-state index contributed by atoms with van der Waals surface area (Å²) in [5.41, 5.74) is 8.49. The number of para-hydroxylation sites is 1. The van der Waals surface area contributed by atoms with E-state index >= 15 is 0 Å². The molecular weight excluding hydrogens is 567 g/mol. The molecule has 45 heavy (non-hydrogen) atoms. The van der Waals surface area contributed by atoms with Crippen molar-refractivity contribution in [2.24, 2.45) is 0 Å². The van der Waals surface area contributed by atoms with Gasteiger partial charge in [-0.3, -0.25) is 0 Å². The predicted molar refractivity (Wildman–Crippen MR) is 193 cm³/mol. The fourth-order valence-electron chi connectivity index (χ4n) is 6.87. The van der Waals surface area contributed by atoms with Gasteiger partial charge < -0.3 is 10.2 Å². The monoisotopic (exact) mass is 605 g/mol. The molecule has 0 spiro atoms. The highest BCUT2D eigenvalue weighted by Crippen LogP contribution is 2.54. The Bertz CT molecular complexity index is 2260. The van der Waals surface area contributed by atoms with Crippen LogP contribution in [0.25, 0.3) is 31.1 Å². The van der Waals surface area contributed by atoms with E-state index in [1.165, 1.54) is 43.5 Å². The largest absolute Gasteiger partial charge is 0.359 e. The number of anilines is 3.